The molecular weight excluding hydrogens is 580 g/mol. The van der Waals surface area contributed by atoms with Crippen molar-refractivity contribution < 1.29 is 40.4 Å². The van der Waals surface area contributed by atoms with Gasteiger partial charge in [-0.2, -0.15) is 21.4 Å². The Bertz CT molecular complexity index is 1560. The molecule has 0 heterocycles. The largest absolute Gasteiger partial charge is 0.481 e. The van der Waals surface area contributed by atoms with Crippen LogP contribution < -0.4 is 4.90 Å². The molecule has 0 aliphatic heterocycles. The van der Waals surface area contributed by atoms with Crippen molar-refractivity contribution in [2.45, 2.75) is 64.7 Å². The number of benzene rings is 2. The quantitative estimate of drug-likeness (QED) is 0.0721. The van der Waals surface area contributed by atoms with Crippen LogP contribution in [0.15, 0.2) is 71.3 Å². The van der Waals surface area contributed by atoms with E-state index in [1.54, 1.807) is 13.0 Å². The van der Waals surface area contributed by atoms with Crippen LogP contribution in [0.5, 0.6) is 0 Å². The van der Waals surface area contributed by atoms with E-state index in [2.05, 4.69) is 4.90 Å². The first-order chi connectivity index (χ1) is 19.6. The number of aliphatic carboxylic acids is 1. The summed E-state index contributed by atoms with van der Waals surface area (Å²) in [6, 6.07) is 12.2. The van der Waals surface area contributed by atoms with Crippen molar-refractivity contribution in [1.29, 1.82) is 0 Å². The van der Waals surface area contributed by atoms with Gasteiger partial charge in [-0.1, -0.05) is 30.7 Å². The Morgan fingerprint density at radius 2 is 1.62 bits per heavy atom. The molecule has 0 aromatic heterocycles. The molecule has 0 amide bonds. The Labute approximate surface area is 249 Å². The van der Waals surface area contributed by atoms with Gasteiger partial charge in [-0.3, -0.25) is 13.9 Å². The van der Waals surface area contributed by atoms with Gasteiger partial charge in [-0.25, -0.2) is 0 Å². The number of hydrogen-bond donors (Lipinski definition) is 3. The fourth-order valence-electron chi connectivity index (χ4n) is 4.57. The van der Waals surface area contributed by atoms with E-state index in [0.29, 0.717) is 24.2 Å². The normalized spacial score (nSPS) is 13.3. The van der Waals surface area contributed by atoms with Gasteiger partial charge in [0.05, 0.1) is 10.6 Å². The van der Waals surface area contributed by atoms with E-state index >= 15 is 0 Å². The van der Waals surface area contributed by atoms with Crippen molar-refractivity contribution >= 4 is 43.3 Å². The number of anilines is 1. The summed E-state index contributed by atoms with van der Waals surface area (Å²) in [5, 5.41) is 8.92. The smallest absolute Gasteiger partial charge is 0.303 e. The molecule has 0 bridgehead atoms. The van der Waals surface area contributed by atoms with E-state index in [0.717, 1.165) is 35.5 Å². The summed E-state index contributed by atoms with van der Waals surface area (Å²) in [5.41, 5.74) is 5.07. The molecule has 0 spiro atoms. The van der Waals surface area contributed by atoms with Crippen molar-refractivity contribution in [3.8, 4) is 0 Å². The molecule has 230 valence electrons. The summed E-state index contributed by atoms with van der Waals surface area (Å²) in [4.78, 5) is 12.8. The maximum Gasteiger partial charge on any atom is 0.303 e. The van der Waals surface area contributed by atoms with E-state index in [-0.39, 0.29) is 24.3 Å². The Kier molecular flexibility index (Phi) is 13.1. The zero-order valence-electron chi connectivity index (χ0n) is 24.5. The van der Waals surface area contributed by atoms with Crippen LogP contribution in [0.4, 0.5) is 11.4 Å². The number of rotatable bonds is 16. The first-order valence-corrected chi connectivity index (χ1v) is 16.7. The van der Waals surface area contributed by atoms with Crippen LogP contribution in [-0.4, -0.2) is 66.1 Å². The number of aryl methyl sites for hydroxylation is 2. The van der Waals surface area contributed by atoms with Crippen molar-refractivity contribution in [1.82, 2.24) is 0 Å². The minimum Gasteiger partial charge on any atom is -0.481 e. The molecule has 0 saturated heterocycles. The predicted octanol–water partition coefficient (Wildman–Crippen LogP) is 5.54. The second kappa shape index (κ2) is 15.8. The molecular formula is C30H41N2O8S2+. The lowest BCUT2D eigenvalue weighted by molar-refractivity contribution is -0.440. The first kappa shape index (κ1) is 34.9. The molecule has 3 N–H and O–H groups in total. The number of nitrogens with zero attached hydrogens (tertiary/aromatic N) is 2. The molecule has 0 aliphatic rings. The summed E-state index contributed by atoms with van der Waals surface area (Å²) in [7, 11) is -8.54. The van der Waals surface area contributed by atoms with Gasteiger partial charge in [0.1, 0.15) is 6.54 Å². The SMILES string of the molecule is CC(/C=C/C=C(\C)N(CCCCCC(=O)O)c1ccccc1C)=[N+](CCCS(=O)(=O)O)c1ccc(S(=O)(=O)O)cc1C. The molecule has 0 radical (unpaired) electrons. The zero-order valence-corrected chi connectivity index (χ0v) is 26.2. The molecule has 0 unspecified atom stereocenters. The maximum atomic E-state index is 11.6. The lowest BCUT2D eigenvalue weighted by atomic mass is 10.1. The Morgan fingerprint density at radius 3 is 2.21 bits per heavy atom. The first-order valence-electron chi connectivity index (χ1n) is 13.6. The van der Waals surface area contributed by atoms with Gasteiger partial charge in [-0.15, -0.1) is 0 Å². The van der Waals surface area contributed by atoms with Crippen LogP contribution in [-0.2, 0) is 25.0 Å². The topological polar surface area (TPSA) is 152 Å². The summed E-state index contributed by atoms with van der Waals surface area (Å²) in [6.45, 7) is 8.50. The fourth-order valence-corrected chi connectivity index (χ4v) is 5.63. The summed E-state index contributed by atoms with van der Waals surface area (Å²) in [6.07, 6.45) is 8.19. The molecule has 0 fully saturated rings. The van der Waals surface area contributed by atoms with Crippen molar-refractivity contribution in [3.05, 3.63) is 77.5 Å². The van der Waals surface area contributed by atoms with E-state index in [4.69, 9.17) is 5.11 Å². The average molecular weight is 622 g/mol. The average Bonchev–Trinajstić information content (AvgIpc) is 2.88. The third-order valence-corrected chi connectivity index (χ3v) is 8.40. The lowest BCUT2D eigenvalue weighted by Crippen LogP contribution is -2.23. The minimum atomic E-state index is -4.39. The molecule has 42 heavy (non-hydrogen) atoms. The Morgan fingerprint density at radius 1 is 0.929 bits per heavy atom. The van der Waals surface area contributed by atoms with Gasteiger partial charge >= 0.3 is 5.97 Å². The molecule has 0 saturated carbocycles. The molecule has 0 atom stereocenters. The highest BCUT2D eigenvalue weighted by Gasteiger charge is 2.20. The van der Waals surface area contributed by atoms with E-state index in [1.807, 2.05) is 67.8 Å². The summed E-state index contributed by atoms with van der Waals surface area (Å²) in [5.74, 6) is -1.23. The molecule has 12 heteroatoms. The lowest BCUT2D eigenvalue weighted by Gasteiger charge is -2.27. The van der Waals surface area contributed by atoms with Gasteiger partial charge in [0.25, 0.3) is 20.2 Å². The number of carboxylic acids is 1. The molecule has 2 aromatic carbocycles. The third-order valence-electron chi connectivity index (χ3n) is 6.75. The predicted molar refractivity (Wildman–Crippen MR) is 165 cm³/mol. The number of allylic oxidation sites excluding steroid dienone is 4. The summed E-state index contributed by atoms with van der Waals surface area (Å²) >= 11 is 0. The van der Waals surface area contributed by atoms with Crippen LogP contribution in [0.2, 0.25) is 0 Å². The van der Waals surface area contributed by atoms with Gasteiger partial charge in [0.15, 0.2) is 5.71 Å². The van der Waals surface area contributed by atoms with Gasteiger partial charge in [0.2, 0.25) is 5.69 Å². The number of para-hydroxylation sites is 1. The van der Waals surface area contributed by atoms with E-state index in [1.165, 1.54) is 12.1 Å². The number of carboxylic acid groups (broad SMARTS) is 1. The Hall–Kier alpha value is -3.32. The van der Waals surface area contributed by atoms with Gasteiger partial charge < -0.3 is 10.0 Å². The highest BCUT2D eigenvalue weighted by molar-refractivity contribution is 7.86. The number of unbranched alkanes of at least 4 members (excludes halogenated alkanes) is 2. The second-order valence-corrected chi connectivity index (χ2v) is 13.2. The van der Waals surface area contributed by atoms with Crippen LogP contribution in [0.3, 0.4) is 0 Å². The molecule has 0 aliphatic carbocycles. The Balaban J connectivity index is 2.40. The van der Waals surface area contributed by atoms with Gasteiger partial charge in [-0.05, 0) is 63.5 Å². The third kappa shape index (κ3) is 11.5. The monoisotopic (exact) mass is 621 g/mol. The minimum absolute atomic E-state index is 0.126. The van der Waals surface area contributed by atoms with E-state index in [9.17, 15) is 30.7 Å². The highest BCUT2D eigenvalue weighted by atomic mass is 32.2. The van der Waals surface area contributed by atoms with Crippen LogP contribution >= 0.6 is 0 Å². The molecule has 2 aromatic rings. The van der Waals surface area contributed by atoms with Crippen LogP contribution in [0.25, 0.3) is 0 Å². The highest BCUT2D eigenvalue weighted by Crippen LogP contribution is 2.25. The van der Waals surface area contributed by atoms with E-state index < -0.39 is 32.0 Å². The second-order valence-electron chi connectivity index (χ2n) is 10.2. The zero-order chi connectivity index (χ0) is 31.5. The van der Waals surface area contributed by atoms with Crippen LogP contribution in [0.1, 0.15) is 57.1 Å². The maximum absolute atomic E-state index is 11.6. The van der Waals surface area contributed by atoms with Gasteiger partial charge in [0, 0.05) is 55.4 Å². The standard InChI is InChI=1S/C30H40N2O8S2/c1-23-12-7-8-15-28(23)31(19-9-5-6-16-30(33)34)25(3)13-10-14-26(4)32(20-11-21-41(35,36)37)29-18-17-27(22-24(29)2)42(38,39)40/h7-8,10,12-15,17-18,22H,5-6,9,11,16,19-21H2,1-4H3,(H2-,33,34,35,36,37,38,39,40)/p+1. The van der Waals surface area contributed by atoms with Crippen LogP contribution in [0, 0.1) is 13.8 Å². The van der Waals surface area contributed by atoms with Crippen molar-refractivity contribution in [3.63, 3.8) is 0 Å². The number of carbonyl (C=O) groups is 1. The van der Waals surface area contributed by atoms with Crippen molar-refractivity contribution in [2.24, 2.45) is 0 Å². The number of hydrogen-bond acceptors (Lipinski definition) is 6. The molecule has 10 nitrogen and oxygen atoms in total. The summed E-state index contributed by atoms with van der Waals surface area (Å²) < 4.78 is 66.3. The van der Waals surface area contributed by atoms with Crippen molar-refractivity contribution in [2.75, 3.05) is 23.7 Å². The molecule has 2 rings (SSSR count). The fraction of sp³-hybridized carbons (Fsp3) is 0.400.